The number of aromatic nitrogens is 7. The van der Waals surface area contributed by atoms with Gasteiger partial charge in [0.15, 0.2) is 5.82 Å². The second-order valence-corrected chi connectivity index (χ2v) is 3.27. The Bertz CT molecular complexity index is 651. The molecule has 0 bridgehead atoms. The Labute approximate surface area is 89.8 Å². The Hall–Kier alpha value is -2.51. The molecule has 0 fully saturated rings. The summed E-state index contributed by atoms with van der Waals surface area (Å²) in [5.74, 6) is 1.43. The number of nitrogen functional groups attached to an aromatic ring is 1. The summed E-state index contributed by atoms with van der Waals surface area (Å²) >= 11 is 0. The number of nitrogens with zero attached hydrogens (tertiary/aromatic N) is 7. The quantitative estimate of drug-likeness (QED) is 0.593. The molecule has 0 aliphatic carbocycles. The molecule has 0 atom stereocenters. The van der Waals surface area contributed by atoms with Crippen LogP contribution < -0.4 is 5.73 Å². The first-order chi connectivity index (χ1) is 7.74. The number of rotatable bonds is 1. The zero-order valence-electron chi connectivity index (χ0n) is 8.44. The topological polar surface area (TPSA) is 99.8 Å². The van der Waals surface area contributed by atoms with Crippen molar-refractivity contribution in [3.63, 3.8) is 0 Å². The van der Waals surface area contributed by atoms with Crippen molar-refractivity contribution >= 4 is 11.7 Å². The zero-order chi connectivity index (χ0) is 11.1. The van der Waals surface area contributed by atoms with Crippen molar-refractivity contribution in [2.75, 3.05) is 5.73 Å². The van der Waals surface area contributed by atoms with Crippen molar-refractivity contribution in [2.24, 2.45) is 0 Å². The average molecular weight is 216 g/mol. The van der Waals surface area contributed by atoms with E-state index in [4.69, 9.17) is 5.73 Å². The van der Waals surface area contributed by atoms with E-state index in [1.165, 1.54) is 17.3 Å². The molecule has 0 radical (unpaired) electrons. The summed E-state index contributed by atoms with van der Waals surface area (Å²) in [6.45, 7) is 1.87. The van der Waals surface area contributed by atoms with E-state index < -0.39 is 0 Å². The first kappa shape index (κ1) is 8.77. The van der Waals surface area contributed by atoms with Crippen molar-refractivity contribution in [1.82, 2.24) is 34.3 Å². The number of fused-ring (bicyclic) bond motifs is 1. The van der Waals surface area contributed by atoms with Gasteiger partial charge in [0, 0.05) is 11.8 Å². The third kappa shape index (κ3) is 1.20. The van der Waals surface area contributed by atoms with Gasteiger partial charge in [-0.05, 0) is 6.92 Å². The van der Waals surface area contributed by atoms with Crippen LogP contribution in [0.3, 0.4) is 0 Å². The summed E-state index contributed by atoms with van der Waals surface area (Å²) in [6, 6.07) is 1.83. The predicted octanol–water partition coefficient (Wildman–Crippen LogP) is -0.404. The van der Waals surface area contributed by atoms with Crippen LogP contribution in [0.1, 0.15) is 5.69 Å². The van der Waals surface area contributed by atoms with Gasteiger partial charge in [-0.15, -0.1) is 5.10 Å². The second-order valence-electron chi connectivity index (χ2n) is 3.27. The molecule has 0 aromatic carbocycles. The third-order valence-corrected chi connectivity index (χ3v) is 2.11. The van der Waals surface area contributed by atoms with Crippen LogP contribution in [0.25, 0.3) is 11.6 Å². The van der Waals surface area contributed by atoms with Crippen LogP contribution >= 0.6 is 0 Å². The van der Waals surface area contributed by atoms with Crippen LogP contribution in [0.5, 0.6) is 0 Å². The fraction of sp³-hybridized carbons (Fsp3) is 0.125. The van der Waals surface area contributed by atoms with Gasteiger partial charge in [0.05, 0.1) is 0 Å². The first-order valence-corrected chi connectivity index (χ1v) is 4.59. The molecule has 0 spiro atoms. The molecule has 3 rings (SSSR count). The molecule has 3 heterocycles. The largest absolute Gasteiger partial charge is 0.366 e. The van der Waals surface area contributed by atoms with Gasteiger partial charge < -0.3 is 5.73 Å². The molecular weight excluding hydrogens is 208 g/mol. The van der Waals surface area contributed by atoms with E-state index in [9.17, 15) is 0 Å². The van der Waals surface area contributed by atoms with Gasteiger partial charge in [0.2, 0.25) is 5.95 Å². The molecule has 0 unspecified atom stereocenters. The van der Waals surface area contributed by atoms with Crippen molar-refractivity contribution in [3.8, 4) is 5.82 Å². The lowest BCUT2D eigenvalue weighted by Gasteiger charge is -2.03. The van der Waals surface area contributed by atoms with Crippen molar-refractivity contribution in [1.29, 1.82) is 0 Å². The predicted molar refractivity (Wildman–Crippen MR) is 54.8 cm³/mol. The van der Waals surface area contributed by atoms with E-state index in [-0.39, 0.29) is 5.95 Å². The van der Waals surface area contributed by atoms with E-state index in [0.717, 1.165) is 5.69 Å². The summed E-state index contributed by atoms with van der Waals surface area (Å²) in [4.78, 5) is 12.1. The summed E-state index contributed by atoms with van der Waals surface area (Å²) in [6.07, 6.45) is 2.96. The summed E-state index contributed by atoms with van der Waals surface area (Å²) in [5, 5.41) is 8.08. The fourth-order valence-electron chi connectivity index (χ4n) is 1.46. The second kappa shape index (κ2) is 2.99. The minimum atomic E-state index is 0.211. The lowest BCUT2D eigenvalue weighted by molar-refractivity contribution is 0.778. The molecule has 3 aromatic rings. The maximum absolute atomic E-state index is 5.47. The van der Waals surface area contributed by atoms with Gasteiger partial charge in [0.1, 0.15) is 12.7 Å². The summed E-state index contributed by atoms with van der Waals surface area (Å²) < 4.78 is 3.10. The van der Waals surface area contributed by atoms with E-state index in [1.807, 2.05) is 13.0 Å². The minimum absolute atomic E-state index is 0.211. The van der Waals surface area contributed by atoms with E-state index >= 15 is 0 Å². The number of aryl methyl sites for hydroxylation is 1. The van der Waals surface area contributed by atoms with E-state index in [1.54, 1.807) is 4.52 Å². The van der Waals surface area contributed by atoms with Crippen molar-refractivity contribution < 1.29 is 0 Å². The first-order valence-electron chi connectivity index (χ1n) is 4.59. The van der Waals surface area contributed by atoms with Crippen LogP contribution in [0, 0.1) is 6.92 Å². The molecule has 0 amide bonds. The van der Waals surface area contributed by atoms with Gasteiger partial charge in [-0.2, -0.15) is 14.6 Å². The summed E-state index contributed by atoms with van der Waals surface area (Å²) in [5.41, 5.74) is 6.29. The van der Waals surface area contributed by atoms with Gasteiger partial charge in [-0.1, -0.05) is 0 Å². The highest BCUT2D eigenvalue weighted by atomic mass is 15.4. The molecule has 3 aromatic heterocycles. The monoisotopic (exact) mass is 216 g/mol. The van der Waals surface area contributed by atoms with Gasteiger partial charge in [-0.3, -0.25) is 0 Å². The van der Waals surface area contributed by atoms with Crippen molar-refractivity contribution in [3.05, 3.63) is 24.4 Å². The zero-order valence-corrected chi connectivity index (χ0v) is 8.44. The standard InChI is InChI=1S/C8H8N8/c1-5-2-6(15-4-11-7(9)14-15)16-8(13-5)10-3-12-16/h2-4H,1H3,(H2,9,14). The SMILES string of the molecule is Cc1cc(-n2cnc(N)n2)n2ncnc2n1. The molecule has 8 heteroatoms. The fourth-order valence-corrected chi connectivity index (χ4v) is 1.46. The summed E-state index contributed by atoms with van der Waals surface area (Å²) in [7, 11) is 0. The Morgan fingerprint density at radius 3 is 2.94 bits per heavy atom. The Morgan fingerprint density at radius 1 is 1.31 bits per heavy atom. The smallest absolute Gasteiger partial charge is 0.254 e. The number of hydrogen-bond donors (Lipinski definition) is 1. The lowest BCUT2D eigenvalue weighted by atomic mass is 10.4. The van der Waals surface area contributed by atoms with E-state index in [0.29, 0.717) is 11.6 Å². The van der Waals surface area contributed by atoms with Gasteiger partial charge in [0.25, 0.3) is 5.78 Å². The van der Waals surface area contributed by atoms with Crippen LogP contribution in [0.2, 0.25) is 0 Å². The maximum Gasteiger partial charge on any atom is 0.254 e. The Balaban J connectivity index is 2.33. The highest BCUT2D eigenvalue weighted by molar-refractivity contribution is 5.37. The molecular formula is C8H8N8. The molecule has 16 heavy (non-hydrogen) atoms. The molecule has 80 valence electrons. The molecule has 0 saturated carbocycles. The normalized spacial score (nSPS) is 11.1. The number of nitrogens with two attached hydrogens (primary N) is 1. The lowest BCUT2D eigenvalue weighted by Crippen LogP contribution is -2.06. The molecule has 0 aliphatic rings. The Kier molecular flexibility index (Phi) is 1.64. The molecule has 2 N–H and O–H groups in total. The van der Waals surface area contributed by atoms with E-state index in [2.05, 4.69) is 25.1 Å². The van der Waals surface area contributed by atoms with Gasteiger partial charge >= 0.3 is 0 Å². The molecule has 8 nitrogen and oxygen atoms in total. The average Bonchev–Trinajstić information content (AvgIpc) is 2.84. The third-order valence-electron chi connectivity index (χ3n) is 2.11. The number of hydrogen-bond acceptors (Lipinski definition) is 6. The van der Waals surface area contributed by atoms with Crippen LogP contribution in [0.15, 0.2) is 18.7 Å². The minimum Gasteiger partial charge on any atom is -0.366 e. The maximum atomic E-state index is 5.47. The van der Waals surface area contributed by atoms with Gasteiger partial charge in [-0.25, -0.2) is 14.6 Å². The van der Waals surface area contributed by atoms with Crippen molar-refractivity contribution in [2.45, 2.75) is 6.92 Å². The molecule has 0 saturated heterocycles. The number of anilines is 1. The highest BCUT2D eigenvalue weighted by Crippen LogP contribution is 2.09. The Morgan fingerprint density at radius 2 is 2.19 bits per heavy atom. The highest BCUT2D eigenvalue weighted by Gasteiger charge is 2.08. The van der Waals surface area contributed by atoms with Crippen LogP contribution in [-0.2, 0) is 0 Å². The van der Waals surface area contributed by atoms with Crippen LogP contribution in [0.4, 0.5) is 5.95 Å². The van der Waals surface area contributed by atoms with Crippen LogP contribution in [-0.4, -0.2) is 34.3 Å². The molecule has 0 aliphatic heterocycles.